The molecule has 1 unspecified atom stereocenters. The van der Waals surface area contributed by atoms with Gasteiger partial charge < -0.3 is 10.5 Å². The highest BCUT2D eigenvalue weighted by molar-refractivity contribution is 5.30. The van der Waals surface area contributed by atoms with Crippen LogP contribution in [0.15, 0.2) is 24.3 Å². The fraction of sp³-hybridized carbons (Fsp3) is 0.500. The molecule has 1 atom stereocenters. The minimum atomic E-state index is -4.24. The molecule has 0 saturated carbocycles. The van der Waals surface area contributed by atoms with Crippen molar-refractivity contribution in [2.24, 2.45) is 5.73 Å². The Kier molecular flexibility index (Phi) is 4.98. The number of halogens is 3. The summed E-state index contributed by atoms with van der Waals surface area (Å²) < 4.78 is 42.1. The van der Waals surface area contributed by atoms with Gasteiger partial charge in [-0.05, 0) is 24.7 Å². The second-order valence-corrected chi connectivity index (χ2v) is 4.06. The molecule has 0 heterocycles. The molecule has 0 aliphatic carbocycles. The topological polar surface area (TPSA) is 38.5 Å². The average molecular weight is 262 g/mol. The lowest BCUT2D eigenvalue weighted by Gasteiger charge is -2.28. The molecule has 0 amide bonds. The van der Waals surface area contributed by atoms with Crippen molar-refractivity contribution in [1.29, 1.82) is 0 Å². The van der Waals surface area contributed by atoms with E-state index in [1.807, 2.05) is 0 Å². The molecule has 0 fully saturated rings. The maximum Gasteiger partial charge on any atom is 0.401 e. The van der Waals surface area contributed by atoms with Crippen LogP contribution in [0.2, 0.25) is 0 Å². The molecule has 0 radical (unpaired) electrons. The van der Waals surface area contributed by atoms with E-state index < -0.39 is 18.8 Å². The molecule has 0 saturated heterocycles. The van der Waals surface area contributed by atoms with Crippen molar-refractivity contribution in [3.05, 3.63) is 29.8 Å². The van der Waals surface area contributed by atoms with E-state index in [0.29, 0.717) is 11.3 Å². The molecule has 18 heavy (non-hydrogen) atoms. The van der Waals surface area contributed by atoms with Gasteiger partial charge in [0.2, 0.25) is 0 Å². The molecule has 0 bridgehead atoms. The minimum Gasteiger partial charge on any atom is -0.497 e. The van der Waals surface area contributed by atoms with Crippen LogP contribution in [0.5, 0.6) is 5.75 Å². The van der Waals surface area contributed by atoms with Crippen LogP contribution in [0.25, 0.3) is 0 Å². The zero-order valence-corrected chi connectivity index (χ0v) is 10.4. The largest absolute Gasteiger partial charge is 0.497 e. The van der Waals surface area contributed by atoms with Gasteiger partial charge in [-0.25, -0.2) is 0 Å². The van der Waals surface area contributed by atoms with Crippen molar-refractivity contribution in [2.45, 2.75) is 12.2 Å². The van der Waals surface area contributed by atoms with Gasteiger partial charge in [0.05, 0.1) is 13.7 Å². The first-order valence-corrected chi connectivity index (χ1v) is 5.48. The van der Waals surface area contributed by atoms with Crippen molar-refractivity contribution in [3.63, 3.8) is 0 Å². The van der Waals surface area contributed by atoms with E-state index in [0.717, 1.165) is 0 Å². The van der Waals surface area contributed by atoms with Crippen molar-refractivity contribution in [2.75, 3.05) is 27.2 Å². The third-order valence-corrected chi connectivity index (χ3v) is 2.66. The molecule has 0 spiro atoms. The van der Waals surface area contributed by atoms with Gasteiger partial charge in [-0.3, -0.25) is 4.90 Å². The standard InChI is InChI=1S/C12H17F3N2O/c1-17(8-12(13,14)15)11(7-16)9-4-3-5-10(6-9)18-2/h3-6,11H,7-8,16H2,1-2H3. The minimum absolute atomic E-state index is 0.111. The van der Waals surface area contributed by atoms with E-state index in [4.69, 9.17) is 10.5 Å². The maximum absolute atomic E-state index is 12.4. The number of ether oxygens (including phenoxy) is 1. The van der Waals surface area contributed by atoms with Crippen LogP contribution in [0.4, 0.5) is 13.2 Å². The van der Waals surface area contributed by atoms with E-state index in [-0.39, 0.29) is 6.54 Å². The van der Waals surface area contributed by atoms with Crippen LogP contribution in [-0.2, 0) is 0 Å². The Bertz CT molecular complexity index is 382. The Morgan fingerprint density at radius 2 is 2.06 bits per heavy atom. The van der Waals surface area contributed by atoms with Gasteiger partial charge in [0.25, 0.3) is 0 Å². The lowest BCUT2D eigenvalue weighted by molar-refractivity contribution is -0.147. The Hall–Kier alpha value is -1.27. The number of likely N-dealkylation sites (N-methyl/N-ethyl adjacent to an activating group) is 1. The van der Waals surface area contributed by atoms with E-state index in [1.54, 1.807) is 24.3 Å². The van der Waals surface area contributed by atoms with Crippen molar-refractivity contribution >= 4 is 0 Å². The van der Waals surface area contributed by atoms with Crippen molar-refractivity contribution < 1.29 is 17.9 Å². The maximum atomic E-state index is 12.4. The second kappa shape index (κ2) is 6.06. The van der Waals surface area contributed by atoms with Crippen molar-refractivity contribution in [1.82, 2.24) is 4.90 Å². The molecular weight excluding hydrogens is 245 g/mol. The van der Waals surface area contributed by atoms with E-state index in [1.165, 1.54) is 19.1 Å². The second-order valence-electron chi connectivity index (χ2n) is 4.06. The number of nitrogens with two attached hydrogens (primary N) is 1. The van der Waals surface area contributed by atoms with E-state index in [2.05, 4.69) is 0 Å². The first kappa shape index (κ1) is 14.8. The molecular formula is C12H17F3N2O. The highest BCUT2D eigenvalue weighted by Crippen LogP contribution is 2.25. The van der Waals surface area contributed by atoms with E-state index in [9.17, 15) is 13.2 Å². The highest BCUT2D eigenvalue weighted by Gasteiger charge is 2.32. The van der Waals surface area contributed by atoms with Crippen LogP contribution in [0.3, 0.4) is 0 Å². The van der Waals surface area contributed by atoms with Crippen molar-refractivity contribution in [3.8, 4) is 5.75 Å². The lowest BCUT2D eigenvalue weighted by Crippen LogP contribution is -2.37. The van der Waals surface area contributed by atoms with Crippen LogP contribution in [0.1, 0.15) is 11.6 Å². The summed E-state index contributed by atoms with van der Waals surface area (Å²) in [7, 11) is 2.92. The third-order valence-electron chi connectivity index (χ3n) is 2.66. The van der Waals surface area contributed by atoms with Gasteiger partial charge in [0.15, 0.2) is 0 Å². The fourth-order valence-electron chi connectivity index (χ4n) is 1.81. The molecule has 0 aliphatic heterocycles. The van der Waals surface area contributed by atoms with Gasteiger partial charge in [-0.2, -0.15) is 13.2 Å². The molecule has 0 aromatic heterocycles. The lowest BCUT2D eigenvalue weighted by atomic mass is 10.1. The van der Waals surface area contributed by atoms with Gasteiger partial charge in [-0.15, -0.1) is 0 Å². The summed E-state index contributed by atoms with van der Waals surface area (Å²) in [6, 6.07) is 6.43. The number of hydrogen-bond donors (Lipinski definition) is 1. The summed E-state index contributed by atoms with van der Waals surface area (Å²) in [5, 5.41) is 0. The molecule has 6 heteroatoms. The molecule has 3 nitrogen and oxygen atoms in total. The molecule has 102 valence electrons. The Labute approximate surface area is 104 Å². The number of nitrogens with zero attached hydrogens (tertiary/aromatic N) is 1. The summed E-state index contributed by atoms with van der Waals surface area (Å²) in [5.74, 6) is 0.603. The quantitative estimate of drug-likeness (QED) is 0.884. The third kappa shape index (κ3) is 4.19. The number of rotatable bonds is 5. The highest BCUT2D eigenvalue weighted by atomic mass is 19.4. The number of benzene rings is 1. The smallest absolute Gasteiger partial charge is 0.401 e. The predicted molar refractivity (Wildman–Crippen MR) is 63.5 cm³/mol. The summed E-state index contributed by atoms with van der Waals surface area (Å²) in [6.07, 6.45) is -4.24. The number of alkyl halides is 3. The van der Waals surface area contributed by atoms with Gasteiger partial charge >= 0.3 is 6.18 Å². The fourth-order valence-corrected chi connectivity index (χ4v) is 1.81. The van der Waals surface area contributed by atoms with Crippen LogP contribution in [-0.4, -0.2) is 38.3 Å². The summed E-state index contributed by atoms with van der Waals surface area (Å²) >= 11 is 0. The predicted octanol–water partition coefficient (Wildman–Crippen LogP) is 2.19. The van der Waals surface area contributed by atoms with Crippen LogP contribution in [0, 0.1) is 0 Å². The summed E-state index contributed by atoms with van der Waals surface area (Å²) in [4.78, 5) is 1.19. The first-order chi connectivity index (χ1) is 8.37. The zero-order valence-electron chi connectivity index (χ0n) is 10.4. The molecule has 0 aliphatic rings. The summed E-state index contributed by atoms with van der Waals surface area (Å²) in [6.45, 7) is -0.883. The molecule has 1 aromatic rings. The SMILES string of the molecule is COc1cccc(C(CN)N(C)CC(F)(F)F)c1. The Balaban J connectivity index is 2.87. The number of methoxy groups -OCH3 is 1. The monoisotopic (exact) mass is 262 g/mol. The van der Waals surface area contributed by atoms with Gasteiger partial charge in [0, 0.05) is 12.6 Å². The average Bonchev–Trinajstić information content (AvgIpc) is 2.28. The van der Waals surface area contributed by atoms with Crippen LogP contribution >= 0.6 is 0 Å². The van der Waals surface area contributed by atoms with Crippen LogP contribution < -0.4 is 10.5 Å². The molecule has 1 rings (SSSR count). The Morgan fingerprint density at radius 3 is 2.56 bits per heavy atom. The van der Waals surface area contributed by atoms with E-state index >= 15 is 0 Å². The van der Waals surface area contributed by atoms with Gasteiger partial charge in [-0.1, -0.05) is 12.1 Å². The first-order valence-electron chi connectivity index (χ1n) is 5.48. The summed E-state index contributed by atoms with van der Waals surface area (Å²) in [5.41, 5.74) is 6.28. The normalized spacial score (nSPS) is 13.7. The zero-order chi connectivity index (χ0) is 13.8. The molecule has 1 aromatic carbocycles. The Morgan fingerprint density at radius 1 is 1.39 bits per heavy atom. The number of hydrogen-bond acceptors (Lipinski definition) is 3. The molecule has 2 N–H and O–H groups in total. The van der Waals surface area contributed by atoms with Gasteiger partial charge in [0.1, 0.15) is 5.75 Å².